The molecule has 1 heterocycles. The van der Waals surface area contributed by atoms with E-state index >= 15 is 0 Å². The molecule has 0 radical (unpaired) electrons. The molecular formula is C16H30N2O3. The zero-order valence-corrected chi connectivity index (χ0v) is 14.1. The Morgan fingerprint density at radius 3 is 2.43 bits per heavy atom. The van der Waals surface area contributed by atoms with E-state index in [1.54, 1.807) is 9.80 Å². The Bertz CT molecular complexity index is 391. The average molecular weight is 298 g/mol. The normalized spacial score (nSPS) is 23.0. The predicted octanol–water partition coefficient (Wildman–Crippen LogP) is 3.19. The number of rotatable bonds is 5. The van der Waals surface area contributed by atoms with Gasteiger partial charge in [-0.05, 0) is 39.5 Å². The van der Waals surface area contributed by atoms with Gasteiger partial charge in [-0.15, -0.1) is 0 Å². The lowest BCUT2D eigenvalue weighted by Crippen LogP contribution is -2.56. The lowest BCUT2D eigenvalue weighted by Gasteiger charge is -2.44. The van der Waals surface area contributed by atoms with Gasteiger partial charge in [0.15, 0.2) is 0 Å². The first-order valence-electron chi connectivity index (χ1n) is 7.96. The van der Waals surface area contributed by atoms with Crippen molar-refractivity contribution in [2.45, 2.75) is 65.3 Å². The van der Waals surface area contributed by atoms with Gasteiger partial charge >= 0.3 is 12.0 Å². The van der Waals surface area contributed by atoms with Crippen LogP contribution in [0.3, 0.4) is 0 Å². The molecule has 21 heavy (non-hydrogen) atoms. The maximum atomic E-state index is 12.7. The summed E-state index contributed by atoms with van der Waals surface area (Å²) in [7, 11) is 1.81. The van der Waals surface area contributed by atoms with Crippen molar-refractivity contribution in [2.24, 2.45) is 5.41 Å². The summed E-state index contributed by atoms with van der Waals surface area (Å²) >= 11 is 0. The Labute approximate surface area is 128 Å². The number of carboxylic acids is 1. The lowest BCUT2D eigenvalue weighted by molar-refractivity contribution is -0.152. The Hall–Kier alpha value is -1.26. The minimum atomic E-state index is -0.765. The average Bonchev–Trinajstić information content (AvgIpc) is 2.46. The number of likely N-dealkylation sites (tertiary alicyclic amines) is 1. The zero-order chi connectivity index (χ0) is 16.3. The molecule has 1 saturated heterocycles. The van der Waals surface area contributed by atoms with Gasteiger partial charge in [0, 0.05) is 25.7 Å². The summed E-state index contributed by atoms with van der Waals surface area (Å²) in [6.07, 6.45) is 3.75. The van der Waals surface area contributed by atoms with Crippen LogP contribution in [0.1, 0.15) is 59.8 Å². The van der Waals surface area contributed by atoms with Crippen molar-refractivity contribution >= 4 is 12.0 Å². The van der Waals surface area contributed by atoms with E-state index in [0.29, 0.717) is 25.9 Å². The monoisotopic (exact) mass is 298 g/mol. The van der Waals surface area contributed by atoms with Crippen LogP contribution in [-0.2, 0) is 4.79 Å². The largest absolute Gasteiger partial charge is 0.481 e. The number of hydrogen-bond donors (Lipinski definition) is 1. The fraction of sp³-hybridized carbons (Fsp3) is 0.875. The molecule has 0 aromatic rings. The van der Waals surface area contributed by atoms with Crippen LogP contribution < -0.4 is 0 Å². The summed E-state index contributed by atoms with van der Waals surface area (Å²) in [6, 6.07) is -0.0525. The van der Waals surface area contributed by atoms with Crippen molar-refractivity contribution in [2.75, 3.05) is 20.1 Å². The number of hydrogen-bond acceptors (Lipinski definition) is 2. The van der Waals surface area contributed by atoms with Gasteiger partial charge in [-0.1, -0.05) is 20.3 Å². The molecule has 1 rings (SSSR count). The van der Waals surface area contributed by atoms with Crippen molar-refractivity contribution < 1.29 is 14.7 Å². The molecule has 5 nitrogen and oxygen atoms in total. The zero-order valence-electron chi connectivity index (χ0n) is 14.1. The highest BCUT2D eigenvalue weighted by Crippen LogP contribution is 2.35. The molecule has 1 aliphatic heterocycles. The molecule has 0 aromatic heterocycles. The van der Waals surface area contributed by atoms with Crippen molar-refractivity contribution in [1.29, 1.82) is 0 Å². The number of carbonyl (C=O) groups excluding carboxylic acids is 1. The topological polar surface area (TPSA) is 60.9 Å². The van der Waals surface area contributed by atoms with Crippen LogP contribution >= 0.6 is 0 Å². The van der Waals surface area contributed by atoms with Crippen molar-refractivity contribution in [3.63, 3.8) is 0 Å². The molecule has 0 aliphatic carbocycles. The summed E-state index contributed by atoms with van der Waals surface area (Å²) in [5.41, 5.74) is -0.981. The first kappa shape index (κ1) is 17.8. The number of piperidine rings is 1. The van der Waals surface area contributed by atoms with Gasteiger partial charge in [0.25, 0.3) is 0 Å². The minimum absolute atomic E-state index is 0.0525. The molecule has 0 saturated carbocycles. The Balaban J connectivity index is 2.89. The smallest absolute Gasteiger partial charge is 0.320 e. The van der Waals surface area contributed by atoms with Crippen molar-refractivity contribution in [1.82, 2.24) is 9.80 Å². The fourth-order valence-corrected chi connectivity index (χ4v) is 2.97. The molecule has 5 heteroatoms. The van der Waals surface area contributed by atoms with Gasteiger partial charge in [-0.2, -0.15) is 0 Å². The quantitative estimate of drug-likeness (QED) is 0.848. The number of amides is 2. The van der Waals surface area contributed by atoms with Crippen LogP contribution in [0.2, 0.25) is 0 Å². The van der Waals surface area contributed by atoms with Gasteiger partial charge in [-0.3, -0.25) is 4.79 Å². The van der Waals surface area contributed by atoms with E-state index in [4.69, 9.17) is 0 Å². The van der Waals surface area contributed by atoms with E-state index in [1.165, 1.54) is 0 Å². The number of carboxylic acid groups (broad SMARTS) is 1. The Morgan fingerprint density at radius 2 is 1.95 bits per heavy atom. The summed E-state index contributed by atoms with van der Waals surface area (Å²) in [5.74, 6) is -0.765. The third-order valence-electron chi connectivity index (χ3n) is 5.09. The van der Waals surface area contributed by atoms with Crippen LogP contribution in [0.4, 0.5) is 4.79 Å². The van der Waals surface area contributed by atoms with E-state index in [-0.39, 0.29) is 11.6 Å². The van der Waals surface area contributed by atoms with Crippen molar-refractivity contribution in [3.8, 4) is 0 Å². The lowest BCUT2D eigenvalue weighted by atomic mass is 9.76. The highest BCUT2D eigenvalue weighted by Gasteiger charge is 2.44. The SMILES string of the molecule is CCCC1(C(=O)O)CCCN(C(=O)N(C)C(C)(C)CC)C1. The second-order valence-electron chi connectivity index (χ2n) is 6.87. The highest BCUT2D eigenvalue weighted by molar-refractivity contribution is 5.79. The fourth-order valence-electron chi connectivity index (χ4n) is 2.97. The molecular weight excluding hydrogens is 268 g/mol. The van der Waals surface area contributed by atoms with Gasteiger partial charge in [0.1, 0.15) is 0 Å². The second kappa shape index (κ2) is 6.67. The second-order valence-corrected chi connectivity index (χ2v) is 6.87. The summed E-state index contributed by atoms with van der Waals surface area (Å²) in [4.78, 5) is 27.9. The number of urea groups is 1. The van der Waals surface area contributed by atoms with Gasteiger partial charge in [-0.25, -0.2) is 4.79 Å². The molecule has 0 bridgehead atoms. The van der Waals surface area contributed by atoms with E-state index in [9.17, 15) is 14.7 Å². The molecule has 1 unspecified atom stereocenters. The van der Waals surface area contributed by atoms with Crippen LogP contribution in [0.25, 0.3) is 0 Å². The van der Waals surface area contributed by atoms with Crippen LogP contribution in [-0.4, -0.2) is 52.6 Å². The van der Waals surface area contributed by atoms with E-state index in [2.05, 4.69) is 6.92 Å². The third kappa shape index (κ3) is 3.69. The maximum absolute atomic E-state index is 12.7. The van der Waals surface area contributed by atoms with E-state index in [0.717, 1.165) is 19.3 Å². The van der Waals surface area contributed by atoms with Gasteiger partial charge in [0.05, 0.1) is 5.41 Å². The molecule has 1 fully saturated rings. The highest BCUT2D eigenvalue weighted by atomic mass is 16.4. The molecule has 1 N–H and O–H groups in total. The summed E-state index contributed by atoms with van der Waals surface area (Å²) in [6.45, 7) is 9.11. The number of carbonyl (C=O) groups is 2. The van der Waals surface area contributed by atoms with Crippen LogP contribution in [0.5, 0.6) is 0 Å². The van der Waals surface area contributed by atoms with Gasteiger partial charge in [0.2, 0.25) is 0 Å². The molecule has 1 atom stereocenters. The summed E-state index contributed by atoms with van der Waals surface area (Å²) < 4.78 is 0. The molecule has 0 spiro atoms. The third-order valence-corrected chi connectivity index (χ3v) is 5.09. The number of aliphatic carboxylic acids is 1. The van der Waals surface area contributed by atoms with Crippen LogP contribution in [0, 0.1) is 5.41 Å². The molecule has 0 aromatic carbocycles. The number of nitrogens with zero attached hydrogens (tertiary/aromatic N) is 2. The molecule has 2 amide bonds. The molecule has 122 valence electrons. The van der Waals surface area contributed by atoms with Crippen LogP contribution in [0.15, 0.2) is 0 Å². The first-order chi connectivity index (χ1) is 9.70. The minimum Gasteiger partial charge on any atom is -0.481 e. The first-order valence-corrected chi connectivity index (χ1v) is 7.96. The Morgan fingerprint density at radius 1 is 1.33 bits per heavy atom. The summed E-state index contributed by atoms with van der Waals surface area (Å²) in [5, 5.41) is 9.61. The van der Waals surface area contributed by atoms with Crippen molar-refractivity contribution in [3.05, 3.63) is 0 Å². The van der Waals surface area contributed by atoms with E-state index in [1.807, 2.05) is 27.8 Å². The molecule has 1 aliphatic rings. The standard InChI is InChI=1S/C16H30N2O3/c1-6-9-16(13(19)20)10-8-11-18(12-16)14(21)17(5)15(3,4)7-2/h6-12H2,1-5H3,(H,19,20). The van der Waals surface area contributed by atoms with Gasteiger partial charge < -0.3 is 14.9 Å². The van der Waals surface area contributed by atoms with E-state index < -0.39 is 11.4 Å². The maximum Gasteiger partial charge on any atom is 0.320 e. The Kier molecular flexibility index (Phi) is 5.65. The predicted molar refractivity (Wildman–Crippen MR) is 83.3 cm³/mol.